The van der Waals surface area contributed by atoms with Gasteiger partial charge in [-0.2, -0.15) is 17.9 Å². The van der Waals surface area contributed by atoms with Crippen molar-refractivity contribution in [1.82, 2.24) is 20.2 Å². The number of nitrogens with two attached hydrogens (primary N) is 1. The zero-order valence-corrected chi connectivity index (χ0v) is 9.69. The van der Waals surface area contributed by atoms with Gasteiger partial charge in [0.15, 0.2) is 5.82 Å². The Morgan fingerprint density at radius 2 is 2.00 bits per heavy atom. The molecule has 9 heteroatoms. The van der Waals surface area contributed by atoms with E-state index < -0.39 is 29.3 Å². The Hall–Kier alpha value is -2.03. The van der Waals surface area contributed by atoms with Crippen LogP contribution in [0.5, 0.6) is 0 Å². The highest BCUT2D eigenvalue weighted by atomic mass is 19.4. The van der Waals surface area contributed by atoms with Crippen LogP contribution in [0.25, 0.3) is 5.69 Å². The van der Waals surface area contributed by atoms with E-state index in [1.54, 1.807) is 0 Å². The Morgan fingerprint density at radius 3 is 2.58 bits per heavy atom. The molecule has 0 aliphatic carbocycles. The van der Waals surface area contributed by atoms with Gasteiger partial charge in [0.05, 0.1) is 11.6 Å². The molecule has 0 saturated heterocycles. The molecule has 2 rings (SSSR count). The molecule has 1 atom stereocenters. The minimum Gasteiger partial charge on any atom is -0.321 e. The molecule has 0 amide bonds. The summed E-state index contributed by atoms with van der Waals surface area (Å²) in [7, 11) is 0. The number of nitrogens with zero attached hydrogens (tertiary/aromatic N) is 4. The van der Waals surface area contributed by atoms with Gasteiger partial charge in [0, 0.05) is 0 Å². The van der Waals surface area contributed by atoms with Crippen LogP contribution in [0.15, 0.2) is 18.2 Å². The molecule has 0 spiro atoms. The third kappa shape index (κ3) is 2.55. The molecule has 0 fully saturated rings. The molecular formula is C10H9F4N5. The third-order valence-electron chi connectivity index (χ3n) is 2.40. The fourth-order valence-corrected chi connectivity index (χ4v) is 1.50. The minimum atomic E-state index is -4.58. The minimum absolute atomic E-state index is 0.0678. The van der Waals surface area contributed by atoms with Crippen LogP contribution in [0.2, 0.25) is 0 Å². The van der Waals surface area contributed by atoms with Crippen molar-refractivity contribution in [2.45, 2.75) is 19.1 Å². The van der Waals surface area contributed by atoms with E-state index in [0.29, 0.717) is 18.2 Å². The van der Waals surface area contributed by atoms with E-state index in [4.69, 9.17) is 5.73 Å². The second kappa shape index (κ2) is 4.57. The predicted molar refractivity (Wildman–Crippen MR) is 56.7 cm³/mol. The molecule has 19 heavy (non-hydrogen) atoms. The second-order valence-corrected chi connectivity index (χ2v) is 3.90. The predicted octanol–water partition coefficient (Wildman–Crippen LogP) is 1.84. The number of rotatable bonds is 2. The van der Waals surface area contributed by atoms with Crippen molar-refractivity contribution in [3.8, 4) is 5.69 Å². The summed E-state index contributed by atoms with van der Waals surface area (Å²) in [5.74, 6) is -0.805. The second-order valence-electron chi connectivity index (χ2n) is 3.90. The van der Waals surface area contributed by atoms with E-state index >= 15 is 0 Å². The van der Waals surface area contributed by atoms with Crippen molar-refractivity contribution in [3.05, 3.63) is 35.4 Å². The number of benzene rings is 1. The van der Waals surface area contributed by atoms with E-state index in [1.807, 2.05) is 0 Å². The lowest BCUT2D eigenvalue weighted by Gasteiger charge is -2.11. The van der Waals surface area contributed by atoms with Gasteiger partial charge in [0.2, 0.25) is 0 Å². The first-order chi connectivity index (χ1) is 8.80. The maximum absolute atomic E-state index is 13.6. The average molecular weight is 275 g/mol. The number of alkyl halides is 3. The molecule has 1 heterocycles. The summed E-state index contributed by atoms with van der Waals surface area (Å²) in [6, 6.07) is 1.35. The Kier molecular flexibility index (Phi) is 3.23. The number of halogens is 4. The molecule has 102 valence electrons. The zero-order valence-electron chi connectivity index (χ0n) is 9.69. The van der Waals surface area contributed by atoms with E-state index in [0.717, 1.165) is 4.68 Å². The van der Waals surface area contributed by atoms with Crippen molar-refractivity contribution in [2.75, 3.05) is 0 Å². The molecule has 0 aliphatic heterocycles. The largest absolute Gasteiger partial charge is 0.416 e. The van der Waals surface area contributed by atoms with Gasteiger partial charge in [-0.25, -0.2) is 4.39 Å². The van der Waals surface area contributed by atoms with Crippen molar-refractivity contribution in [1.29, 1.82) is 0 Å². The first-order valence-electron chi connectivity index (χ1n) is 5.21. The van der Waals surface area contributed by atoms with Crippen LogP contribution in [0.4, 0.5) is 17.6 Å². The van der Waals surface area contributed by atoms with E-state index in [-0.39, 0.29) is 5.82 Å². The van der Waals surface area contributed by atoms with E-state index in [9.17, 15) is 17.6 Å². The summed E-state index contributed by atoms with van der Waals surface area (Å²) in [5.41, 5.74) is 4.18. The summed E-state index contributed by atoms with van der Waals surface area (Å²) in [6.45, 7) is 1.54. The molecule has 5 nitrogen and oxygen atoms in total. The van der Waals surface area contributed by atoms with Crippen LogP contribution in [0.1, 0.15) is 24.4 Å². The van der Waals surface area contributed by atoms with Crippen LogP contribution in [-0.2, 0) is 6.18 Å². The fourth-order valence-electron chi connectivity index (χ4n) is 1.50. The van der Waals surface area contributed by atoms with Gasteiger partial charge in [-0.05, 0) is 35.5 Å². The van der Waals surface area contributed by atoms with Crippen molar-refractivity contribution < 1.29 is 17.6 Å². The lowest BCUT2D eigenvalue weighted by atomic mass is 10.2. The lowest BCUT2D eigenvalue weighted by Crippen LogP contribution is -2.15. The van der Waals surface area contributed by atoms with Crippen LogP contribution < -0.4 is 5.73 Å². The highest BCUT2D eigenvalue weighted by Crippen LogP contribution is 2.31. The van der Waals surface area contributed by atoms with Gasteiger partial charge in [0.1, 0.15) is 11.5 Å². The van der Waals surface area contributed by atoms with Gasteiger partial charge < -0.3 is 5.73 Å². The Balaban J connectivity index is 2.58. The zero-order chi connectivity index (χ0) is 14.2. The first kappa shape index (κ1) is 13.4. The standard InChI is InChI=1S/C10H9F4N5/c1-5(15)9-16-17-18-19(9)8-4-6(10(12,13)14)2-3-7(8)11/h2-5H,15H2,1H3. The van der Waals surface area contributed by atoms with Gasteiger partial charge in [-0.15, -0.1) is 5.10 Å². The molecular weight excluding hydrogens is 266 g/mol. The Morgan fingerprint density at radius 1 is 1.32 bits per heavy atom. The summed E-state index contributed by atoms with van der Waals surface area (Å²) in [6.07, 6.45) is -4.58. The van der Waals surface area contributed by atoms with Gasteiger partial charge in [-0.1, -0.05) is 0 Å². The first-order valence-corrected chi connectivity index (χ1v) is 5.21. The fraction of sp³-hybridized carbons (Fsp3) is 0.300. The molecule has 1 aromatic carbocycles. The van der Waals surface area contributed by atoms with Crippen LogP contribution in [0, 0.1) is 5.82 Å². The third-order valence-corrected chi connectivity index (χ3v) is 2.40. The molecule has 2 aromatic rings. The average Bonchev–Trinajstić information content (AvgIpc) is 2.76. The van der Waals surface area contributed by atoms with Crippen molar-refractivity contribution >= 4 is 0 Å². The number of hydrogen-bond acceptors (Lipinski definition) is 4. The summed E-state index contributed by atoms with van der Waals surface area (Å²) < 4.78 is 52.3. The Bertz CT molecular complexity index is 590. The highest BCUT2D eigenvalue weighted by Gasteiger charge is 2.31. The monoisotopic (exact) mass is 275 g/mol. The molecule has 1 aromatic heterocycles. The molecule has 1 unspecified atom stereocenters. The normalized spacial score (nSPS) is 13.6. The number of aromatic nitrogens is 4. The molecule has 0 saturated carbocycles. The lowest BCUT2D eigenvalue weighted by molar-refractivity contribution is -0.137. The quantitative estimate of drug-likeness (QED) is 0.849. The topological polar surface area (TPSA) is 69.6 Å². The van der Waals surface area contributed by atoms with Crippen LogP contribution in [0.3, 0.4) is 0 Å². The van der Waals surface area contributed by atoms with Crippen LogP contribution in [-0.4, -0.2) is 20.2 Å². The van der Waals surface area contributed by atoms with Gasteiger partial charge in [-0.3, -0.25) is 0 Å². The summed E-state index contributed by atoms with van der Waals surface area (Å²) in [4.78, 5) is 0. The SMILES string of the molecule is CC(N)c1nnnn1-c1cc(C(F)(F)F)ccc1F. The molecule has 0 radical (unpaired) electrons. The Labute approximate surface area is 105 Å². The molecule has 2 N–H and O–H groups in total. The van der Waals surface area contributed by atoms with E-state index in [1.165, 1.54) is 6.92 Å². The van der Waals surface area contributed by atoms with Gasteiger partial charge >= 0.3 is 6.18 Å². The maximum atomic E-state index is 13.6. The van der Waals surface area contributed by atoms with Crippen molar-refractivity contribution in [2.24, 2.45) is 5.73 Å². The maximum Gasteiger partial charge on any atom is 0.416 e. The molecule has 0 aliphatic rings. The number of tetrazole rings is 1. The van der Waals surface area contributed by atoms with Gasteiger partial charge in [0.25, 0.3) is 0 Å². The summed E-state index contributed by atoms with van der Waals surface area (Å²) >= 11 is 0. The smallest absolute Gasteiger partial charge is 0.321 e. The van der Waals surface area contributed by atoms with Crippen molar-refractivity contribution in [3.63, 3.8) is 0 Å². The molecule has 0 bridgehead atoms. The summed E-state index contributed by atoms with van der Waals surface area (Å²) in [5, 5.41) is 10.3. The number of hydrogen-bond donors (Lipinski definition) is 1. The van der Waals surface area contributed by atoms with E-state index in [2.05, 4.69) is 15.5 Å². The highest BCUT2D eigenvalue weighted by molar-refractivity contribution is 5.38. The van der Waals surface area contributed by atoms with Crippen LogP contribution >= 0.6 is 0 Å².